The van der Waals surface area contributed by atoms with Gasteiger partial charge >= 0.3 is 0 Å². The van der Waals surface area contributed by atoms with Crippen molar-refractivity contribution in [3.8, 4) is 5.75 Å². The zero-order chi connectivity index (χ0) is 20.9. The second-order valence-electron chi connectivity index (χ2n) is 8.35. The Balaban J connectivity index is 1.40. The third kappa shape index (κ3) is 4.35. The van der Waals surface area contributed by atoms with Crippen molar-refractivity contribution >= 4 is 11.8 Å². The Labute approximate surface area is 178 Å². The first-order valence-electron chi connectivity index (χ1n) is 11.0. The van der Waals surface area contributed by atoms with Crippen LogP contribution in [0, 0.1) is 12.8 Å². The Morgan fingerprint density at radius 1 is 1.03 bits per heavy atom. The molecule has 0 spiro atoms. The highest BCUT2D eigenvalue weighted by Crippen LogP contribution is 2.40. The van der Waals surface area contributed by atoms with Crippen molar-refractivity contribution in [2.75, 3.05) is 13.2 Å². The number of hydrogen-bond donors (Lipinski definition) is 1. The predicted molar refractivity (Wildman–Crippen MR) is 116 cm³/mol. The Kier molecular flexibility index (Phi) is 6.36. The number of fused-ring (bicyclic) bond motifs is 1. The molecule has 0 radical (unpaired) electrons. The van der Waals surface area contributed by atoms with Crippen LogP contribution in [0.1, 0.15) is 48.0 Å². The summed E-state index contributed by atoms with van der Waals surface area (Å²) in [6, 6.07) is 16.9. The molecule has 1 heterocycles. The van der Waals surface area contributed by atoms with E-state index >= 15 is 0 Å². The van der Waals surface area contributed by atoms with Crippen LogP contribution in [-0.4, -0.2) is 41.9 Å². The summed E-state index contributed by atoms with van der Waals surface area (Å²) in [7, 11) is 0. The van der Waals surface area contributed by atoms with Crippen LogP contribution < -0.4 is 10.1 Å². The molecule has 0 aromatic heterocycles. The average Bonchev–Trinajstić information content (AvgIpc) is 3.17. The van der Waals surface area contributed by atoms with Crippen LogP contribution in [0.2, 0.25) is 0 Å². The maximum Gasteiger partial charge on any atom is 0.254 e. The number of hydrogen-bond acceptors (Lipinski definition) is 3. The molecule has 3 atom stereocenters. The summed E-state index contributed by atoms with van der Waals surface area (Å²) in [6.45, 7) is 2.83. The number of benzene rings is 2. The van der Waals surface area contributed by atoms with Gasteiger partial charge in [-0.15, -0.1) is 0 Å². The van der Waals surface area contributed by atoms with E-state index in [-0.39, 0.29) is 17.9 Å². The molecular formula is C25H30N2O3. The molecule has 3 unspecified atom stereocenters. The van der Waals surface area contributed by atoms with Gasteiger partial charge in [-0.2, -0.15) is 0 Å². The fraction of sp³-hybridized carbons (Fsp3) is 0.440. The Hall–Kier alpha value is -2.82. The van der Waals surface area contributed by atoms with Crippen molar-refractivity contribution in [1.29, 1.82) is 0 Å². The molecule has 1 aliphatic carbocycles. The van der Waals surface area contributed by atoms with Crippen LogP contribution >= 0.6 is 0 Å². The van der Waals surface area contributed by atoms with E-state index in [1.165, 1.54) is 6.42 Å². The standard InChI is InChI=1S/C25H30N2O3/c1-18-9-5-8-14-23(18)30-16-15-26-24(28)22-17-20-12-6-7-13-21(20)27(22)25(29)19-10-3-2-4-11-19/h2-5,8-11,14,20-22H,6-7,12-13,15-17H2,1H3,(H,26,28). The van der Waals surface area contributed by atoms with Crippen molar-refractivity contribution in [1.82, 2.24) is 10.2 Å². The van der Waals surface area contributed by atoms with Gasteiger partial charge in [0, 0.05) is 11.6 Å². The van der Waals surface area contributed by atoms with E-state index in [9.17, 15) is 9.59 Å². The van der Waals surface area contributed by atoms with Gasteiger partial charge in [0.25, 0.3) is 5.91 Å². The Bertz CT molecular complexity index is 883. The SMILES string of the molecule is Cc1ccccc1OCCNC(=O)C1CC2CCCCC2N1C(=O)c1ccccc1. The molecule has 5 heteroatoms. The molecule has 5 nitrogen and oxygen atoms in total. The number of para-hydroxylation sites is 1. The quantitative estimate of drug-likeness (QED) is 0.739. The Morgan fingerprint density at radius 3 is 2.57 bits per heavy atom. The highest BCUT2D eigenvalue weighted by atomic mass is 16.5. The van der Waals surface area contributed by atoms with E-state index in [4.69, 9.17) is 4.74 Å². The second kappa shape index (κ2) is 9.33. The van der Waals surface area contributed by atoms with Crippen LogP contribution in [0.15, 0.2) is 54.6 Å². The molecular weight excluding hydrogens is 376 g/mol. The van der Waals surface area contributed by atoms with E-state index in [1.54, 1.807) is 0 Å². The number of nitrogens with one attached hydrogen (secondary N) is 1. The van der Waals surface area contributed by atoms with Crippen molar-refractivity contribution in [2.24, 2.45) is 5.92 Å². The van der Waals surface area contributed by atoms with Gasteiger partial charge in [0.2, 0.25) is 5.91 Å². The number of ether oxygens (including phenoxy) is 1. The zero-order valence-electron chi connectivity index (χ0n) is 17.5. The van der Waals surface area contributed by atoms with Gasteiger partial charge in [-0.3, -0.25) is 9.59 Å². The Morgan fingerprint density at radius 2 is 1.77 bits per heavy atom. The van der Waals surface area contributed by atoms with Crippen molar-refractivity contribution in [2.45, 2.75) is 51.1 Å². The lowest BCUT2D eigenvalue weighted by Crippen LogP contribution is -2.50. The molecule has 2 aliphatic rings. The first-order valence-corrected chi connectivity index (χ1v) is 11.0. The van der Waals surface area contributed by atoms with Gasteiger partial charge in [-0.05, 0) is 55.9 Å². The summed E-state index contributed by atoms with van der Waals surface area (Å²) >= 11 is 0. The van der Waals surface area contributed by atoms with E-state index in [2.05, 4.69) is 5.32 Å². The van der Waals surface area contributed by atoms with Gasteiger partial charge in [0.15, 0.2) is 0 Å². The number of amides is 2. The monoisotopic (exact) mass is 406 g/mol. The van der Waals surface area contributed by atoms with Crippen molar-refractivity contribution in [3.63, 3.8) is 0 Å². The molecule has 1 N–H and O–H groups in total. The van der Waals surface area contributed by atoms with Crippen molar-refractivity contribution < 1.29 is 14.3 Å². The third-order valence-corrected chi connectivity index (χ3v) is 6.40. The highest BCUT2D eigenvalue weighted by molar-refractivity contribution is 5.98. The minimum Gasteiger partial charge on any atom is -0.491 e. The average molecular weight is 407 g/mol. The molecule has 158 valence electrons. The molecule has 2 fully saturated rings. The minimum absolute atomic E-state index is 0.0266. The molecule has 1 saturated carbocycles. The van der Waals surface area contributed by atoms with Crippen LogP contribution in [0.3, 0.4) is 0 Å². The van der Waals surface area contributed by atoms with Crippen LogP contribution in [0.25, 0.3) is 0 Å². The minimum atomic E-state index is -0.399. The molecule has 2 amide bonds. The number of carbonyl (C=O) groups excluding carboxylic acids is 2. The third-order valence-electron chi connectivity index (χ3n) is 6.40. The maximum atomic E-state index is 13.3. The summed E-state index contributed by atoms with van der Waals surface area (Å²) in [5.74, 6) is 1.16. The summed E-state index contributed by atoms with van der Waals surface area (Å²) in [5.41, 5.74) is 1.73. The molecule has 1 aliphatic heterocycles. The van der Waals surface area contributed by atoms with E-state index in [1.807, 2.05) is 66.4 Å². The molecule has 2 aromatic carbocycles. The van der Waals surface area contributed by atoms with Gasteiger partial charge < -0.3 is 15.0 Å². The van der Waals surface area contributed by atoms with Crippen molar-refractivity contribution in [3.05, 3.63) is 65.7 Å². The molecule has 0 bridgehead atoms. The van der Waals surface area contributed by atoms with Crippen LogP contribution in [-0.2, 0) is 4.79 Å². The van der Waals surface area contributed by atoms with Gasteiger partial charge in [0.1, 0.15) is 18.4 Å². The normalized spacial score (nSPS) is 23.0. The topological polar surface area (TPSA) is 58.6 Å². The number of carbonyl (C=O) groups is 2. The van der Waals surface area contributed by atoms with E-state index in [0.29, 0.717) is 24.6 Å². The lowest BCUT2D eigenvalue weighted by Gasteiger charge is -2.33. The molecule has 30 heavy (non-hydrogen) atoms. The lowest BCUT2D eigenvalue weighted by molar-refractivity contribution is -0.125. The first-order chi connectivity index (χ1) is 14.6. The maximum absolute atomic E-state index is 13.3. The van der Waals surface area contributed by atoms with Crippen LogP contribution in [0.5, 0.6) is 5.75 Å². The number of nitrogens with zero attached hydrogens (tertiary/aromatic N) is 1. The summed E-state index contributed by atoms with van der Waals surface area (Å²) in [4.78, 5) is 28.2. The number of rotatable bonds is 6. The van der Waals surface area contributed by atoms with Crippen LogP contribution in [0.4, 0.5) is 0 Å². The molecule has 2 aromatic rings. The van der Waals surface area contributed by atoms with Gasteiger partial charge in [0.05, 0.1) is 6.54 Å². The van der Waals surface area contributed by atoms with E-state index < -0.39 is 6.04 Å². The van der Waals surface area contributed by atoms with E-state index in [0.717, 1.165) is 37.0 Å². The first kappa shape index (κ1) is 20.5. The molecule has 1 saturated heterocycles. The highest BCUT2D eigenvalue weighted by Gasteiger charge is 2.47. The fourth-order valence-corrected chi connectivity index (χ4v) is 4.89. The summed E-state index contributed by atoms with van der Waals surface area (Å²) in [5, 5.41) is 3.00. The van der Waals surface area contributed by atoms with Gasteiger partial charge in [-0.1, -0.05) is 49.2 Å². The number of likely N-dealkylation sites (tertiary alicyclic amines) is 1. The smallest absolute Gasteiger partial charge is 0.254 e. The molecule has 4 rings (SSSR count). The van der Waals surface area contributed by atoms with Gasteiger partial charge in [-0.25, -0.2) is 0 Å². The summed E-state index contributed by atoms with van der Waals surface area (Å²) in [6.07, 6.45) is 5.16. The number of aryl methyl sites for hydroxylation is 1. The predicted octanol–water partition coefficient (Wildman–Crippen LogP) is 3.96. The zero-order valence-corrected chi connectivity index (χ0v) is 17.5. The second-order valence-corrected chi connectivity index (χ2v) is 8.35. The summed E-state index contributed by atoms with van der Waals surface area (Å²) < 4.78 is 5.79. The fourth-order valence-electron chi connectivity index (χ4n) is 4.89. The largest absolute Gasteiger partial charge is 0.491 e. The lowest BCUT2D eigenvalue weighted by atomic mass is 9.84.